The van der Waals surface area contributed by atoms with Crippen LogP contribution in [0.1, 0.15) is 75.7 Å². The maximum Gasteiger partial charge on any atom is 0.407 e. The van der Waals surface area contributed by atoms with E-state index in [1.165, 1.54) is 11.2 Å². The first-order valence-electron chi connectivity index (χ1n) is 11.2. The number of carbonyl (C=O) groups excluding carboxylic acids is 1. The van der Waals surface area contributed by atoms with Crippen LogP contribution in [0.2, 0.25) is 0 Å². The molecule has 0 radical (unpaired) electrons. The molecule has 2 atom stereocenters. The summed E-state index contributed by atoms with van der Waals surface area (Å²) in [5.74, 6) is 0.713. The van der Waals surface area contributed by atoms with E-state index in [1.807, 2.05) is 26.8 Å². The van der Waals surface area contributed by atoms with Crippen LogP contribution in [0.4, 0.5) is 4.79 Å². The van der Waals surface area contributed by atoms with Gasteiger partial charge in [-0.05, 0) is 77.2 Å². The highest BCUT2D eigenvalue weighted by molar-refractivity contribution is 7.19. The highest BCUT2D eigenvalue weighted by Gasteiger charge is 2.32. The molecule has 2 aliphatic rings. The van der Waals surface area contributed by atoms with E-state index in [0.29, 0.717) is 12.3 Å². The van der Waals surface area contributed by atoms with Gasteiger partial charge in [0.1, 0.15) is 29.0 Å². The number of aliphatic hydroxyl groups excluding tert-OH is 1. The Morgan fingerprint density at radius 2 is 2.06 bits per heavy atom. The number of aliphatic hydroxyl groups is 1. The molecule has 172 valence electrons. The van der Waals surface area contributed by atoms with Gasteiger partial charge in [-0.3, -0.25) is 0 Å². The first-order valence-corrected chi connectivity index (χ1v) is 12.0. The van der Waals surface area contributed by atoms with Gasteiger partial charge in [-0.1, -0.05) is 0 Å². The number of nitrogens with zero attached hydrogens (tertiary/aromatic N) is 3. The highest BCUT2D eigenvalue weighted by atomic mass is 32.1. The largest absolute Gasteiger partial charge is 0.474 e. The van der Waals surface area contributed by atoms with Gasteiger partial charge in [0.05, 0.1) is 11.5 Å². The third-order valence-electron chi connectivity index (χ3n) is 6.03. The molecule has 8 nitrogen and oxygen atoms in total. The Kier molecular flexibility index (Phi) is 6.54. The Morgan fingerprint density at radius 1 is 1.31 bits per heavy atom. The normalized spacial score (nSPS) is 23.9. The van der Waals surface area contributed by atoms with E-state index in [4.69, 9.17) is 14.7 Å². The van der Waals surface area contributed by atoms with Crippen LogP contribution in [0.5, 0.6) is 5.88 Å². The standard InChI is InChI=1S/C23H30N4O4S/c1-23(2,3)31-22(29)27-14-5-7-16(8-6-14)30-20-19-18-13(10-15(28)11-24)4-9-17(18)32-21(19)26-12-25-20/h12-16,28H,4-10H2,1-3H3,(H,27,29)/t13-,14-,15?,16-/m1/s1. The molecule has 1 unspecified atom stereocenters. The molecule has 0 bridgehead atoms. The van der Waals surface area contributed by atoms with Gasteiger partial charge in [0.2, 0.25) is 5.88 Å². The van der Waals surface area contributed by atoms with E-state index in [0.717, 1.165) is 54.3 Å². The number of thiophene rings is 1. The third-order valence-corrected chi connectivity index (χ3v) is 7.20. The van der Waals surface area contributed by atoms with Crippen LogP contribution >= 0.6 is 11.3 Å². The van der Waals surface area contributed by atoms with Crippen molar-refractivity contribution in [3.63, 3.8) is 0 Å². The number of nitrogens with one attached hydrogen (secondary N) is 1. The van der Waals surface area contributed by atoms with E-state index in [1.54, 1.807) is 11.3 Å². The molecule has 1 fully saturated rings. The number of hydrogen-bond acceptors (Lipinski definition) is 8. The van der Waals surface area contributed by atoms with Crippen LogP contribution in [0.3, 0.4) is 0 Å². The van der Waals surface area contributed by atoms with E-state index in [2.05, 4.69) is 15.3 Å². The first kappa shape index (κ1) is 22.7. The number of ether oxygens (including phenoxy) is 2. The third kappa shape index (κ3) is 5.13. The molecular weight excluding hydrogens is 428 g/mol. The van der Waals surface area contributed by atoms with Crippen LogP contribution in [-0.2, 0) is 11.2 Å². The average molecular weight is 459 g/mol. The zero-order chi connectivity index (χ0) is 22.9. The Balaban J connectivity index is 1.43. The van der Waals surface area contributed by atoms with Crippen molar-refractivity contribution in [3.05, 3.63) is 16.8 Å². The van der Waals surface area contributed by atoms with Crippen molar-refractivity contribution in [3.8, 4) is 11.9 Å². The van der Waals surface area contributed by atoms with Crippen molar-refractivity contribution in [2.75, 3.05) is 0 Å². The molecular formula is C23H30N4O4S. The molecule has 2 N–H and O–H groups in total. The quantitative estimate of drug-likeness (QED) is 0.645. The number of aryl methyl sites for hydroxylation is 1. The summed E-state index contributed by atoms with van der Waals surface area (Å²) in [6.07, 6.45) is 5.75. The highest BCUT2D eigenvalue weighted by Crippen LogP contribution is 2.47. The zero-order valence-corrected chi connectivity index (χ0v) is 19.6. The molecule has 32 heavy (non-hydrogen) atoms. The smallest absolute Gasteiger partial charge is 0.407 e. The minimum atomic E-state index is -0.970. The second kappa shape index (κ2) is 9.20. The summed E-state index contributed by atoms with van der Waals surface area (Å²) in [6, 6.07) is 2.01. The Hall–Kier alpha value is -2.44. The van der Waals surface area contributed by atoms with Crippen molar-refractivity contribution < 1.29 is 19.4 Å². The maximum atomic E-state index is 12.0. The fraction of sp³-hybridized carbons (Fsp3) is 0.652. The molecule has 0 saturated heterocycles. The van der Waals surface area contributed by atoms with Gasteiger partial charge in [0.25, 0.3) is 0 Å². The Labute approximate surface area is 192 Å². The minimum absolute atomic E-state index is 0.0184. The van der Waals surface area contributed by atoms with Gasteiger partial charge in [-0.2, -0.15) is 5.26 Å². The van der Waals surface area contributed by atoms with Crippen LogP contribution in [0.15, 0.2) is 6.33 Å². The molecule has 2 aliphatic carbocycles. The van der Waals surface area contributed by atoms with Gasteiger partial charge in [-0.25, -0.2) is 14.8 Å². The summed E-state index contributed by atoms with van der Waals surface area (Å²) in [5, 5.41) is 22.8. The summed E-state index contributed by atoms with van der Waals surface area (Å²) >= 11 is 1.66. The SMILES string of the molecule is CC(C)(C)OC(=O)N[C@H]1CC[C@H](Oc2ncnc3sc4c(c23)[C@@H](CC(O)C#N)CC4)CC1. The van der Waals surface area contributed by atoms with Crippen molar-refractivity contribution in [1.82, 2.24) is 15.3 Å². The molecule has 1 amide bonds. The number of fused-ring (bicyclic) bond motifs is 3. The van der Waals surface area contributed by atoms with Crippen LogP contribution < -0.4 is 10.1 Å². The van der Waals surface area contributed by atoms with E-state index < -0.39 is 11.7 Å². The minimum Gasteiger partial charge on any atom is -0.474 e. The van der Waals surface area contributed by atoms with Gasteiger partial charge >= 0.3 is 6.09 Å². The predicted octanol–water partition coefficient (Wildman–Crippen LogP) is 4.21. The molecule has 9 heteroatoms. The number of alkyl carbamates (subject to hydrolysis) is 1. The lowest BCUT2D eigenvalue weighted by Crippen LogP contribution is -2.42. The lowest BCUT2D eigenvalue weighted by atomic mass is 9.93. The second-order valence-corrected chi connectivity index (χ2v) is 10.7. The topological polar surface area (TPSA) is 117 Å². The predicted molar refractivity (Wildman–Crippen MR) is 121 cm³/mol. The lowest BCUT2D eigenvalue weighted by molar-refractivity contribution is 0.0470. The van der Waals surface area contributed by atoms with Crippen molar-refractivity contribution in [2.24, 2.45) is 0 Å². The van der Waals surface area contributed by atoms with Crippen molar-refractivity contribution in [1.29, 1.82) is 5.26 Å². The molecule has 2 aromatic rings. The molecule has 2 heterocycles. The van der Waals surface area contributed by atoms with E-state index in [-0.39, 0.29) is 24.2 Å². The van der Waals surface area contributed by atoms with E-state index in [9.17, 15) is 9.90 Å². The monoisotopic (exact) mass is 458 g/mol. The van der Waals surface area contributed by atoms with E-state index >= 15 is 0 Å². The molecule has 4 rings (SSSR count). The number of nitriles is 1. The number of amides is 1. The maximum absolute atomic E-state index is 12.0. The summed E-state index contributed by atoms with van der Waals surface area (Å²) in [7, 11) is 0. The Morgan fingerprint density at radius 3 is 2.75 bits per heavy atom. The van der Waals surface area contributed by atoms with Crippen molar-refractivity contribution >= 4 is 27.6 Å². The summed E-state index contributed by atoms with van der Waals surface area (Å²) in [6.45, 7) is 5.56. The fourth-order valence-electron chi connectivity index (χ4n) is 4.64. The zero-order valence-electron chi connectivity index (χ0n) is 18.8. The molecule has 0 spiro atoms. The number of hydrogen-bond donors (Lipinski definition) is 2. The number of rotatable bonds is 5. The van der Waals surface area contributed by atoms with Crippen LogP contribution in [0, 0.1) is 11.3 Å². The first-order chi connectivity index (χ1) is 15.2. The van der Waals surface area contributed by atoms with Crippen LogP contribution in [-0.4, -0.2) is 45.0 Å². The summed E-state index contributed by atoms with van der Waals surface area (Å²) in [4.78, 5) is 23.1. The molecule has 2 aromatic heterocycles. The number of aromatic nitrogens is 2. The molecule has 0 aliphatic heterocycles. The molecule has 0 aromatic carbocycles. The molecule has 1 saturated carbocycles. The van der Waals surface area contributed by atoms with Crippen molar-refractivity contribution in [2.45, 2.75) is 95.5 Å². The van der Waals surface area contributed by atoms with Gasteiger partial charge in [0.15, 0.2) is 0 Å². The number of carbonyl (C=O) groups is 1. The van der Waals surface area contributed by atoms with Crippen LogP contribution in [0.25, 0.3) is 10.2 Å². The van der Waals surface area contributed by atoms with Gasteiger partial charge < -0.3 is 19.9 Å². The summed E-state index contributed by atoms with van der Waals surface area (Å²) in [5.41, 5.74) is 0.639. The fourth-order valence-corrected chi connectivity index (χ4v) is 5.88. The van der Waals surface area contributed by atoms with Gasteiger partial charge in [0, 0.05) is 10.9 Å². The summed E-state index contributed by atoms with van der Waals surface area (Å²) < 4.78 is 11.7. The lowest BCUT2D eigenvalue weighted by Gasteiger charge is -2.30. The Bertz CT molecular complexity index is 1020. The van der Waals surface area contributed by atoms with Gasteiger partial charge in [-0.15, -0.1) is 11.3 Å². The second-order valence-electron chi connectivity index (χ2n) is 9.65. The average Bonchev–Trinajstić information content (AvgIpc) is 3.28.